The Balaban J connectivity index is 1.29. The molecule has 0 amide bonds. The highest BCUT2D eigenvalue weighted by Gasteiger charge is 2.35. The summed E-state index contributed by atoms with van der Waals surface area (Å²) >= 11 is 0. The number of nitrogens with zero attached hydrogens (tertiary/aromatic N) is 5. The van der Waals surface area contributed by atoms with Gasteiger partial charge in [-0.3, -0.25) is 14.8 Å². The van der Waals surface area contributed by atoms with E-state index in [1.54, 1.807) is 0 Å². The Hall–Kier alpha value is -2.71. The fourth-order valence-corrected chi connectivity index (χ4v) is 5.42. The highest BCUT2D eigenvalue weighted by molar-refractivity contribution is 5.88. The van der Waals surface area contributed by atoms with Crippen molar-refractivity contribution in [3.8, 4) is 0 Å². The quantitative estimate of drug-likeness (QED) is 0.711. The van der Waals surface area contributed by atoms with Gasteiger partial charge in [-0.2, -0.15) is 5.10 Å². The zero-order chi connectivity index (χ0) is 20.1. The molecule has 0 radical (unpaired) electrons. The van der Waals surface area contributed by atoms with Crippen LogP contribution in [-0.4, -0.2) is 64.0 Å². The van der Waals surface area contributed by atoms with Crippen molar-refractivity contribution in [2.45, 2.75) is 25.4 Å². The lowest BCUT2D eigenvalue weighted by Crippen LogP contribution is -2.48. The predicted molar refractivity (Wildman–Crippen MR) is 114 cm³/mol. The summed E-state index contributed by atoms with van der Waals surface area (Å²) in [6, 6.07) is 6.34. The summed E-state index contributed by atoms with van der Waals surface area (Å²) in [5, 5.41) is 8.20. The van der Waals surface area contributed by atoms with Gasteiger partial charge < -0.3 is 14.2 Å². The van der Waals surface area contributed by atoms with Crippen molar-refractivity contribution < 1.29 is 4.74 Å². The molecule has 3 aliphatic heterocycles. The number of nitrogens with one attached hydrogen (secondary N) is 1. The monoisotopic (exact) mass is 406 g/mol. The molecule has 2 atom stereocenters. The highest BCUT2D eigenvalue weighted by atomic mass is 16.5. The largest absolute Gasteiger partial charge is 0.379 e. The number of hydrogen-bond acceptors (Lipinski definition) is 6. The number of ether oxygens (including phenoxy) is 1. The Labute approximate surface area is 174 Å². The fraction of sp³-hybridized carbons (Fsp3) is 0.500. The minimum absolute atomic E-state index is 0.197. The van der Waals surface area contributed by atoms with Crippen LogP contribution < -0.4 is 10.5 Å². The average Bonchev–Trinajstić information content (AvgIpc) is 3.26. The number of piperidine rings is 1. The topological polar surface area (TPSA) is 79.3 Å². The molecule has 6 heterocycles. The normalized spacial score (nSPS) is 24.2. The molecular formula is C22H26N6O2. The molecule has 0 saturated carbocycles. The summed E-state index contributed by atoms with van der Waals surface area (Å²) in [7, 11) is 0. The first kappa shape index (κ1) is 18.1. The minimum Gasteiger partial charge on any atom is -0.379 e. The van der Waals surface area contributed by atoms with Crippen molar-refractivity contribution in [3.63, 3.8) is 0 Å². The first-order valence-corrected chi connectivity index (χ1v) is 10.8. The number of pyridine rings is 2. The van der Waals surface area contributed by atoms with Crippen molar-refractivity contribution in [1.82, 2.24) is 24.6 Å². The summed E-state index contributed by atoms with van der Waals surface area (Å²) in [4.78, 5) is 22.4. The van der Waals surface area contributed by atoms with Crippen LogP contribution in [0.4, 0.5) is 5.69 Å². The van der Waals surface area contributed by atoms with Crippen LogP contribution in [0, 0.1) is 5.92 Å². The SMILES string of the molecule is O=c1c(CN2CCOCC2)ccc2n1C[C@H]1C[C@@H]2CN(c2ccnc3[nH]ncc23)C1. The molecule has 0 unspecified atom stereocenters. The van der Waals surface area contributed by atoms with Gasteiger partial charge in [0.05, 0.1) is 30.5 Å². The number of H-pyrrole nitrogens is 1. The van der Waals surface area contributed by atoms with Crippen molar-refractivity contribution in [1.29, 1.82) is 0 Å². The molecule has 0 aromatic carbocycles. The molecule has 3 aromatic heterocycles. The van der Waals surface area contributed by atoms with Crippen LogP contribution in [-0.2, 0) is 17.8 Å². The predicted octanol–water partition coefficient (Wildman–Crippen LogP) is 1.58. The molecule has 2 fully saturated rings. The van der Waals surface area contributed by atoms with Gasteiger partial charge in [0.15, 0.2) is 5.65 Å². The molecule has 1 N–H and O–H groups in total. The first-order chi connectivity index (χ1) is 14.8. The van der Waals surface area contributed by atoms with Crippen molar-refractivity contribution >= 4 is 16.7 Å². The maximum absolute atomic E-state index is 13.3. The van der Waals surface area contributed by atoms with Gasteiger partial charge in [0, 0.05) is 62.6 Å². The third kappa shape index (κ3) is 3.02. The smallest absolute Gasteiger partial charge is 0.255 e. The molecule has 6 rings (SSSR count). The molecule has 0 spiro atoms. The lowest BCUT2D eigenvalue weighted by atomic mass is 9.82. The second-order valence-corrected chi connectivity index (χ2v) is 8.75. The first-order valence-electron chi connectivity index (χ1n) is 10.8. The Bertz CT molecular complexity index is 1130. The molecule has 3 aliphatic rings. The van der Waals surface area contributed by atoms with E-state index in [0.717, 1.165) is 75.5 Å². The standard InChI is InChI=1S/C22H26N6O2/c29-22-16(13-26-5-7-30-8-6-26)1-2-19-17-9-15(12-28(19)22)11-27(14-17)20-3-4-23-21-18(20)10-24-25-21/h1-4,10,15,17H,5-9,11-14H2,(H,23,24,25)/t15-,17+/m0/s1. The molecule has 8 heteroatoms. The van der Waals surface area contributed by atoms with E-state index in [2.05, 4.69) is 47.7 Å². The van der Waals surface area contributed by atoms with Gasteiger partial charge >= 0.3 is 0 Å². The summed E-state index contributed by atoms with van der Waals surface area (Å²) < 4.78 is 7.50. The molecule has 0 aliphatic carbocycles. The third-order valence-corrected chi connectivity index (χ3v) is 6.85. The van der Waals surface area contributed by atoms with Crippen molar-refractivity contribution in [3.05, 3.63) is 52.2 Å². The highest BCUT2D eigenvalue weighted by Crippen LogP contribution is 2.38. The van der Waals surface area contributed by atoms with E-state index < -0.39 is 0 Å². The van der Waals surface area contributed by atoms with Gasteiger partial charge in [-0.1, -0.05) is 6.07 Å². The second-order valence-electron chi connectivity index (χ2n) is 8.75. The van der Waals surface area contributed by atoms with Gasteiger partial charge in [0.25, 0.3) is 5.56 Å². The fourth-order valence-electron chi connectivity index (χ4n) is 5.42. The zero-order valence-corrected chi connectivity index (χ0v) is 17.0. The van der Waals surface area contributed by atoms with Crippen LogP contribution in [0.3, 0.4) is 0 Å². The Morgan fingerprint density at radius 1 is 1.13 bits per heavy atom. The molecule has 2 bridgehead atoms. The molecule has 3 aromatic rings. The van der Waals surface area contributed by atoms with Crippen LogP contribution >= 0.6 is 0 Å². The third-order valence-electron chi connectivity index (χ3n) is 6.85. The number of rotatable bonds is 3. The molecule has 156 valence electrons. The lowest BCUT2D eigenvalue weighted by molar-refractivity contribution is 0.0339. The van der Waals surface area contributed by atoms with E-state index in [-0.39, 0.29) is 5.56 Å². The van der Waals surface area contributed by atoms with Crippen LogP contribution in [0.1, 0.15) is 23.6 Å². The maximum atomic E-state index is 13.3. The Morgan fingerprint density at radius 3 is 2.93 bits per heavy atom. The number of aromatic amines is 1. The van der Waals surface area contributed by atoms with Gasteiger partial charge in [0.1, 0.15) is 0 Å². The van der Waals surface area contributed by atoms with E-state index in [9.17, 15) is 4.79 Å². The second kappa shape index (κ2) is 7.21. The maximum Gasteiger partial charge on any atom is 0.255 e. The van der Waals surface area contributed by atoms with E-state index >= 15 is 0 Å². The van der Waals surface area contributed by atoms with E-state index in [1.165, 1.54) is 11.4 Å². The molecular weight excluding hydrogens is 380 g/mol. The average molecular weight is 406 g/mol. The summed E-state index contributed by atoms with van der Waals surface area (Å²) in [6.45, 7) is 6.71. The van der Waals surface area contributed by atoms with Gasteiger partial charge in [-0.15, -0.1) is 0 Å². The van der Waals surface area contributed by atoms with Crippen molar-refractivity contribution in [2.24, 2.45) is 5.92 Å². The summed E-state index contributed by atoms with van der Waals surface area (Å²) in [6.07, 6.45) is 4.85. The van der Waals surface area contributed by atoms with Gasteiger partial charge in [-0.25, -0.2) is 4.98 Å². The molecule has 8 nitrogen and oxygen atoms in total. The number of fused-ring (bicyclic) bond motifs is 5. The van der Waals surface area contributed by atoms with E-state index in [1.807, 2.05) is 12.4 Å². The van der Waals surface area contributed by atoms with Crippen molar-refractivity contribution in [2.75, 3.05) is 44.3 Å². The zero-order valence-electron chi connectivity index (χ0n) is 17.0. The number of hydrogen-bond donors (Lipinski definition) is 1. The van der Waals surface area contributed by atoms with Crippen LogP contribution in [0.15, 0.2) is 35.4 Å². The van der Waals surface area contributed by atoms with Gasteiger partial charge in [0.2, 0.25) is 0 Å². The Morgan fingerprint density at radius 2 is 2.03 bits per heavy atom. The molecule has 2 saturated heterocycles. The number of anilines is 1. The van der Waals surface area contributed by atoms with Crippen LogP contribution in [0.5, 0.6) is 0 Å². The summed E-state index contributed by atoms with van der Waals surface area (Å²) in [5.74, 6) is 0.848. The van der Waals surface area contributed by atoms with E-state index in [0.29, 0.717) is 11.8 Å². The lowest BCUT2D eigenvalue weighted by Gasteiger charge is -2.44. The van der Waals surface area contributed by atoms with Crippen LogP contribution in [0.25, 0.3) is 11.0 Å². The Kier molecular flexibility index (Phi) is 4.35. The van der Waals surface area contributed by atoms with Crippen LogP contribution in [0.2, 0.25) is 0 Å². The number of aromatic nitrogens is 4. The minimum atomic E-state index is 0.197. The summed E-state index contributed by atoms with van der Waals surface area (Å²) in [5.41, 5.74) is 4.30. The number of morpholine rings is 1. The van der Waals surface area contributed by atoms with Gasteiger partial charge in [-0.05, 0) is 24.5 Å². The molecule has 30 heavy (non-hydrogen) atoms. The van der Waals surface area contributed by atoms with E-state index in [4.69, 9.17) is 4.74 Å².